The van der Waals surface area contributed by atoms with Crippen LogP contribution in [0.3, 0.4) is 0 Å². The van der Waals surface area contributed by atoms with Gasteiger partial charge in [-0.05, 0) is 55.9 Å². The zero-order valence-corrected chi connectivity index (χ0v) is 16.2. The molecule has 0 aromatic heterocycles. The minimum Gasteiger partial charge on any atom is -0.223 e. The molecule has 0 aromatic rings. The van der Waals surface area contributed by atoms with Gasteiger partial charge in [0.15, 0.2) is 9.84 Å². The van der Waals surface area contributed by atoms with Gasteiger partial charge in [-0.15, -0.1) is 11.8 Å². The summed E-state index contributed by atoms with van der Waals surface area (Å²) in [6, 6.07) is 0. The van der Waals surface area contributed by atoms with Gasteiger partial charge >= 0.3 is 17.8 Å². The molecule has 0 unspecified atom stereocenters. The van der Waals surface area contributed by atoms with Crippen molar-refractivity contribution < 1.29 is 34.8 Å². The highest BCUT2D eigenvalue weighted by Crippen LogP contribution is 2.72. The molecule has 4 aliphatic rings. The Morgan fingerprint density at radius 1 is 0.852 bits per heavy atom. The predicted octanol–water partition coefficient (Wildman–Crippen LogP) is 5.01. The number of rotatable bonds is 0. The topological polar surface area (TPSA) is 34.1 Å². The first-order chi connectivity index (χ1) is 12.0. The van der Waals surface area contributed by atoms with Crippen molar-refractivity contribution in [2.24, 2.45) is 0 Å². The zero-order valence-electron chi connectivity index (χ0n) is 14.6. The van der Waals surface area contributed by atoms with Crippen LogP contribution in [0.25, 0.3) is 0 Å². The molecule has 2 atom stereocenters. The smallest absolute Gasteiger partial charge is 0.223 e. The molecule has 2 aliphatic carbocycles. The Labute approximate surface area is 156 Å². The molecule has 27 heavy (non-hydrogen) atoms. The van der Waals surface area contributed by atoms with E-state index in [4.69, 9.17) is 0 Å². The number of hydrogen-bond acceptors (Lipinski definition) is 3. The summed E-state index contributed by atoms with van der Waals surface area (Å²) >= 11 is 0.915. The Morgan fingerprint density at radius 2 is 1.33 bits per heavy atom. The van der Waals surface area contributed by atoms with Crippen molar-refractivity contribution in [2.45, 2.75) is 55.0 Å². The molecule has 0 bridgehead atoms. The van der Waals surface area contributed by atoms with E-state index < -0.39 is 59.4 Å². The summed E-state index contributed by atoms with van der Waals surface area (Å²) in [6.07, 6.45) is 1.96. The lowest BCUT2D eigenvalue weighted by Gasteiger charge is -2.46. The van der Waals surface area contributed by atoms with Gasteiger partial charge in [-0.25, -0.2) is 8.42 Å². The van der Waals surface area contributed by atoms with Crippen LogP contribution in [0.2, 0.25) is 0 Å². The highest BCUT2D eigenvalue weighted by Gasteiger charge is 2.85. The summed E-state index contributed by atoms with van der Waals surface area (Å²) < 4.78 is 109. The molecule has 0 spiro atoms. The number of halogens is 6. The normalized spacial score (nSPS) is 39.8. The van der Waals surface area contributed by atoms with Crippen molar-refractivity contribution in [1.29, 1.82) is 0 Å². The molecule has 2 nitrogen and oxygen atoms in total. The zero-order chi connectivity index (χ0) is 20.6. The van der Waals surface area contributed by atoms with Crippen molar-refractivity contribution in [2.75, 3.05) is 0 Å². The number of hydrogen-bond donors (Lipinski definition) is 0. The SMILES string of the molecule is CC1=CC2=C3C(=C4C=C(C)S(=O)(=O)[C@@]4(C)[C@]2(C)S1)C(F)(F)C(F)(F)C3(F)F. The molecule has 1 saturated carbocycles. The van der Waals surface area contributed by atoms with E-state index in [2.05, 4.69) is 0 Å². The second kappa shape index (κ2) is 4.53. The van der Waals surface area contributed by atoms with Gasteiger partial charge in [0.25, 0.3) is 0 Å². The van der Waals surface area contributed by atoms with E-state index in [-0.39, 0.29) is 4.91 Å². The van der Waals surface area contributed by atoms with Crippen LogP contribution in [0.1, 0.15) is 27.7 Å². The van der Waals surface area contributed by atoms with Crippen LogP contribution < -0.4 is 0 Å². The van der Waals surface area contributed by atoms with E-state index in [0.29, 0.717) is 4.91 Å². The van der Waals surface area contributed by atoms with E-state index in [1.165, 1.54) is 13.8 Å². The van der Waals surface area contributed by atoms with Gasteiger partial charge in [-0.3, -0.25) is 0 Å². The number of allylic oxidation sites excluding steroid dienone is 6. The molecule has 0 N–H and O–H groups in total. The molecule has 4 rings (SSSR count). The summed E-state index contributed by atoms with van der Waals surface area (Å²) in [5, 5.41) is 0. The summed E-state index contributed by atoms with van der Waals surface area (Å²) in [5.41, 5.74) is -4.14. The summed E-state index contributed by atoms with van der Waals surface area (Å²) in [7, 11) is -4.23. The van der Waals surface area contributed by atoms with Gasteiger partial charge in [-0.1, -0.05) is 0 Å². The molecule has 2 aliphatic heterocycles. The fourth-order valence-corrected chi connectivity index (χ4v) is 8.40. The summed E-state index contributed by atoms with van der Waals surface area (Å²) in [5.74, 6) is -16.0. The number of thioether (sulfide) groups is 1. The van der Waals surface area contributed by atoms with Crippen molar-refractivity contribution in [1.82, 2.24) is 0 Å². The summed E-state index contributed by atoms with van der Waals surface area (Å²) in [4.78, 5) is 0.0738. The third-order valence-corrected chi connectivity index (χ3v) is 10.4. The van der Waals surface area contributed by atoms with Crippen LogP contribution >= 0.6 is 11.8 Å². The van der Waals surface area contributed by atoms with E-state index in [1.54, 1.807) is 0 Å². The molecular formula is C17H14F6O2S2. The first-order valence-electron chi connectivity index (χ1n) is 7.94. The van der Waals surface area contributed by atoms with E-state index in [0.717, 1.165) is 37.8 Å². The second-order valence-corrected chi connectivity index (χ2v) is 11.6. The second-order valence-electron chi connectivity index (χ2n) is 7.48. The van der Waals surface area contributed by atoms with Gasteiger partial charge in [0.1, 0.15) is 4.75 Å². The minimum absolute atomic E-state index is 0.311. The highest BCUT2D eigenvalue weighted by molar-refractivity contribution is 8.06. The molecule has 1 fully saturated rings. The number of sulfone groups is 1. The van der Waals surface area contributed by atoms with Gasteiger partial charge in [0, 0.05) is 16.1 Å². The van der Waals surface area contributed by atoms with Gasteiger partial charge in [0.2, 0.25) is 0 Å². The Kier molecular flexibility index (Phi) is 3.21. The van der Waals surface area contributed by atoms with Crippen molar-refractivity contribution in [3.05, 3.63) is 44.3 Å². The largest absolute Gasteiger partial charge is 0.380 e. The summed E-state index contributed by atoms with van der Waals surface area (Å²) in [6.45, 7) is 5.13. The van der Waals surface area contributed by atoms with Crippen LogP contribution in [0, 0.1) is 0 Å². The maximum absolute atomic E-state index is 14.6. The highest BCUT2D eigenvalue weighted by atomic mass is 32.2. The molecule has 0 aromatic carbocycles. The lowest BCUT2D eigenvalue weighted by atomic mass is 9.71. The van der Waals surface area contributed by atoms with E-state index in [1.807, 2.05) is 0 Å². The molecule has 10 heteroatoms. The van der Waals surface area contributed by atoms with Gasteiger partial charge in [-0.2, -0.15) is 26.3 Å². The van der Waals surface area contributed by atoms with Crippen LogP contribution in [-0.4, -0.2) is 35.7 Å². The molecule has 148 valence electrons. The van der Waals surface area contributed by atoms with Crippen LogP contribution in [-0.2, 0) is 9.84 Å². The Morgan fingerprint density at radius 3 is 1.85 bits per heavy atom. The fourth-order valence-electron chi connectivity index (χ4n) is 4.55. The predicted molar refractivity (Wildman–Crippen MR) is 89.7 cm³/mol. The number of alkyl halides is 6. The molecule has 0 amide bonds. The lowest BCUT2D eigenvalue weighted by molar-refractivity contribution is -0.258. The fraction of sp³-hybridized carbons (Fsp3) is 0.529. The third kappa shape index (κ3) is 1.61. The van der Waals surface area contributed by atoms with E-state index >= 15 is 0 Å². The maximum atomic E-state index is 14.6. The van der Waals surface area contributed by atoms with Gasteiger partial charge < -0.3 is 0 Å². The first kappa shape index (κ1) is 19.2. The quantitative estimate of drug-likeness (QED) is 0.509. The maximum Gasteiger partial charge on any atom is 0.380 e. The average Bonchev–Trinajstić information content (AvgIpc) is 2.95. The Hall–Kier alpha value is -1.16. The number of fused-ring (bicyclic) bond motifs is 4. The standard InChI is InChI=1S/C17H14F6O2S2/c1-7-5-9-11-12(16(20,21)17(22,23)15(11,18)19)10-6-8(2)27(24,25)14(10,4)13(9,3)26-7/h5-6H,1-4H3/t13-,14-/m1/s1. The van der Waals surface area contributed by atoms with Crippen LogP contribution in [0.15, 0.2) is 44.3 Å². The third-order valence-electron chi connectivity index (χ3n) is 6.17. The molecule has 0 radical (unpaired) electrons. The monoisotopic (exact) mass is 428 g/mol. The molecule has 0 saturated heterocycles. The Balaban J connectivity index is 2.28. The van der Waals surface area contributed by atoms with Crippen LogP contribution in [0.4, 0.5) is 26.3 Å². The lowest BCUT2D eigenvalue weighted by Crippen LogP contribution is -2.55. The van der Waals surface area contributed by atoms with Crippen molar-refractivity contribution >= 4 is 21.6 Å². The Bertz CT molecular complexity index is 1050. The van der Waals surface area contributed by atoms with Gasteiger partial charge in [0.05, 0.1) is 4.75 Å². The first-order valence-corrected chi connectivity index (χ1v) is 10.2. The minimum atomic E-state index is -5.67. The van der Waals surface area contributed by atoms with Crippen molar-refractivity contribution in [3.8, 4) is 0 Å². The van der Waals surface area contributed by atoms with E-state index in [9.17, 15) is 34.8 Å². The molecule has 2 heterocycles. The van der Waals surface area contributed by atoms with Crippen LogP contribution in [0.5, 0.6) is 0 Å². The molecular weight excluding hydrogens is 414 g/mol. The van der Waals surface area contributed by atoms with Crippen molar-refractivity contribution in [3.63, 3.8) is 0 Å². The average molecular weight is 428 g/mol.